The van der Waals surface area contributed by atoms with Crippen LogP contribution in [0.15, 0.2) is 0 Å². The maximum Gasteiger partial charge on any atom is 0.0700 e. The van der Waals surface area contributed by atoms with E-state index in [0.29, 0.717) is 26.2 Å². The Hall–Kier alpha value is -0.160. The molecule has 0 rings (SSSR count). The van der Waals surface area contributed by atoms with Gasteiger partial charge in [0, 0.05) is 19.3 Å². The van der Waals surface area contributed by atoms with E-state index in [1.807, 2.05) is 0 Å². The van der Waals surface area contributed by atoms with Gasteiger partial charge in [0.05, 0.1) is 19.8 Å². The third kappa shape index (κ3) is 9.92. The van der Waals surface area contributed by atoms with Gasteiger partial charge in [-0.15, -0.1) is 0 Å². The first-order valence-corrected chi connectivity index (χ1v) is 5.33. The third-order valence-electron chi connectivity index (χ3n) is 1.88. The highest BCUT2D eigenvalue weighted by atomic mass is 16.5. The van der Waals surface area contributed by atoms with Gasteiger partial charge in [-0.1, -0.05) is 13.3 Å². The van der Waals surface area contributed by atoms with E-state index in [2.05, 4.69) is 6.92 Å². The van der Waals surface area contributed by atoms with Crippen LogP contribution in [-0.4, -0.2) is 44.2 Å². The molecule has 0 bridgehead atoms. The second kappa shape index (κ2) is 10.9. The van der Waals surface area contributed by atoms with Gasteiger partial charge in [0.15, 0.2) is 0 Å². The average molecular weight is 205 g/mol. The van der Waals surface area contributed by atoms with Gasteiger partial charge in [0.1, 0.15) is 0 Å². The molecule has 1 unspecified atom stereocenters. The van der Waals surface area contributed by atoms with Crippen LogP contribution >= 0.6 is 0 Å². The molecule has 0 radical (unpaired) electrons. The summed E-state index contributed by atoms with van der Waals surface area (Å²) in [6.07, 6.45) is 2.97. The Labute approximate surface area is 86.4 Å². The molecule has 3 N–H and O–H groups in total. The number of hydrogen-bond donors (Lipinski definition) is 2. The van der Waals surface area contributed by atoms with Gasteiger partial charge in [-0.25, -0.2) is 0 Å². The van der Waals surface area contributed by atoms with Crippen molar-refractivity contribution in [3.05, 3.63) is 0 Å². The van der Waals surface area contributed by atoms with Gasteiger partial charge in [-0.3, -0.25) is 0 Å². The maximum atomic E-state index is 8.63. The van der Waals surface area contributed by atoms with E-state index in [9.17, 15) is 0 Å². The summed E-state index contributed by atoms with van der Waals surface area (Å²) in [5, 5.41) is 8.63. The zero-order chi connectivity index (χ0) is 10.6. The number of hydrogen-bond acceptors (Lipinski definition) is 4. The lowest BCUT2D eigenvalue weighted by molar-refractivity contribution is 0.0427. The van der Waals surface area contributed by atoms with Crippen LogP contribution in [0.3, 0.4) is 0 Å². The molecule has 14 heavy (non-hydrogen) atoms. The normalized spacial score (nSPS) is 13.1. The Kier molecular flexibility index (Phi) is 10.8. The summed E-state index contributed by atoms with van der Waals surface area (Å²) >= 11 is 0. The number of unbranched alkanes of at least 4 members (excludes halogenated alkanes) is 1. The molecule has 0 fully saturated rings. The number of aliphatic hydroxyl groups excluding tert-OH is 1. The fourth-order valence-corrected chi connectivity index (χ4v) is 0.894. The summed E-state index contributed by atoms with van der Waals surface area (Å²) in [5.41, 5.74) is 5.49. The van der Waals surface area contributed by atoms with Gasteiger partial charge in [-0.2, -0.15) is 0 Å². The van der Waals surface area contributed by atoms with Gasteiger partial charge in [0.25, 0.3) is 0 Å². The Morgan fingerprint density at radius 2 is 1.79 bits per heavy atom. The number of ether oxygens (including phenoxy) is 2. The van der Waals surface area contributed by atoms with Gasteiger partial charge < -0.3 is 20.3 Å². The molecule has 0 aromatic carbocycles. The lowest BCUT2D eigenvalue weighted by atomic mass is 10.2. The zero-order valence-electron chi connectivity index (χ0n) is 9.08. The smallest absolute Gasteiger partial charge is 0.0700 e. The van der Waals surface area contributed by atoms with E-state index in [4.69, 9.17) is 20.3 Å². The molecular formula is C10H23NO3. The summed E-state index contributed by atoms with van der Waals surface area (Å²) in [7, 11) is 0. The van der Waals surface area contributed by atoms with Crippen molar-refractivity contribution in [3.8, 4) is 0 Å². The highest BCUT2D eigenvalue weighted by Crippen LogP contribution is 1.90. The average Bonchev–Trinajstić information content (AvgIpc) is 2.21. The molecule has 0 aromatic heterocycles. The fraction of sp³-hybridized carbons (Fsp3) is 1.00. The predicted octanol–water partition coefficient (Wildman–Crippen LogP) is 0.529. The minimum atomic E-state index is -0.156. The monoisotopic (exact) mass is 205 g/mol. The first-order valence-electron chi connectivity index (χ1n) is 5.33. The van der Waals surface area contributed by atoms with Crippen LogP contribution in [-0.2, 0) is 9.47 Å². The first-order chi connectivity index (χ1) is 6.81. The van der Waals surface area contributed by atoms with Crippen molar-refractivity contribution < 1.29 is 14.6 Å². The molecule has 1 atom stereocenters. The molecule has 0 aromatic rings. The largest absolute Gasteiger partial charge is 0.395 e. The van der Waals surface area contributed by atoms with Gasteiger partial charge in [0.2, 0.25) is 0 Å². The molecule has 86 valence electrons. The number of nitrogens with two attached hydrogens (primary N) is 1. The van der Waals surface area contributed by atoms with Crippen molar-refractivity contribution in [2.24, 2.45) is 5.73 Å². The Morgan fingerprint density at radius 3 is 2.36 bits per heavy atom. The van der Waals surface area contributed by atoms with Crippen molar-refractivity contribution in [1.29, 1.82) is 0 Å². The van der Waals surface area contributed by atoms with Crippen LogP contribution < -0.4 is 5.73 Å². The second-order valence-electron chi connectivity index (χ2n) is 3.31. The van der Waals surface area contributed by atoms with Crippen LogP contribution in [0.4, 0.5) is 0 Å². The highest BCUT2D eigenvalue weighted by molar-refractivity contribution is 4.56. The molecule has 0 heterocycles. The first kappa shape index (κ1) is 13.8. The van der Waals surface area contributed by atoms with E-state index in [0.717, 1.165) is 19.4 Å². The number of rotatable bonds is 10. The van der Waals surface area contributed by atoms with E-state index in [1.165, 1.54) is 0 Å². The second-order valence-corrected chi connectivity index (χ2v) is 3.31. The van der Waals surface area contributed by atoms with Crippen molar-refractivity contribution in [2.45, 2.75) is 32.2 Å². The molecule has 0 saturated heterocycles. The number of aliphatic hydroxyl groups is 1. The summed E-state index contributed by atoms with van der Waals surface area (Å²) < 4.78 is 10.6. The summed E-state index contributed by atoms with van der Waals surface area (Å²) in [6.45, 7) is 4.83. The Bertz CT molecular complexity index is 112. The van der Waals surface area contributed by atoms with Crippen molar-refractivity contribution in [3.63, 3.8) is 0 Å². The molecule has 0 amide bonds. The van der Waals surface area contributed by atoms with E-state index in [1.54, 1.807) is 0 Å². The quantitative estimate of drug-likeness (QED) is 0.511. The predicted molar refractivity (Wildman–Crippen MR) is 56.2 cm³/mol. The van der Waals surface area contributed by atoms with Crippen molar-refractivity contribution in [1.82, 2.24) is 0 Å². The Morgan fingerprint density at radius 1 is 1.14 bits per heavy atom. The van der Waals surface area contributed by atoms with Crippen molar-refractivity contribution >= 4 is 0 Å². The fourth-order valence-electron chi connectivity index (χ4n) is 0.894. The standard InChI is InChI=1S/C10H23NO3/c1-2-3-5-13-7-8-14-6-4-10(11)9-12/h10,12H,2-9,11H2,1H3. The van der Waals surface area contributed by atoms with Gasteiger partial charge in [-0.05, 0) is 12.8 Å². The van der Waals surface area contributed by atoms with Crippen LogP contribution in [0.2, 0.25) is 0 Å². The topological polar surface area (TPSA) is 64.7 Å². The lowest BCUT2D eigenvalue weighted by Gasteiger charge is -2.08. The summed E-state index contributed by atoms with van der Waals surface area (Å²) in [6, 6.07) is -0.156. The third-order valence-corrected chi connectivity index (χ3v) is 1.88. The summed E-state index contributed by atoms with van der Waals surface area (Å²) in [4.78, 5) is 0. The SMILES string of the molecule is CCCCOCCOCCC(N)CO. The van der Waals surface area contributed by atoms with Crippen molar-refractivity contribution in [2.75, 3.05) is 33.0 Å². The van der Waals surface area contributed by atoms with Crippen LogP contribution in [0, 0.1) is 0 Å². The van der Waals surface area contributed by atoms with E-state index < -0.39 is 0 Å². The lowest BCUT2D eigenvalue weighted by Crippen LogP contribution is -2.26. The summed E-state index contributed by atoms with van der Waals surface area (Å²) in [5.74, 6) is 0. The molecule has 4 heteroatoms. The minimum absolute atomic E-state index is 0.0242. The van der Waals surface area contributed by atoms with Crippen LogP contribution in [0.1, 0.15) is 26.2 Å². The van der Waals surface area contributed by atoms with Crippen LogP contribution in [0.25, 0.3) is 0 Å². The molecule has 0 aliphatic heterocycles. The van der Waals surface area contributed by atoms with E-state index >= 15 is 0 Å². The minimum Gasteiger partial charge on any atom is -0.395 e. The molecule has 0 aliphatic rings. The maximum absolute atomic E-state index is 8.63. The van der Waals surface area contributed by atoms with E-state index in [-0.39, 0.29) is 12.6 Å². The van der Waals surface area contributed by atoms with Crippen LogP contribution in [0.5, 0.6) is 0 Å². The van der Waals surface area contributed by atoms with Gasteiger partial charge >= 0.3 is 0 Å². The molecule has 0 saturated carbocycles. The molecule has 0 aliphatic carbocycles. The highest BCUT2D eigenvalue weighted by Gasteiger charge is 1.98. The Balaban J connectivity index is 2.92. The molecular weight excluding hydrogens is 182 g/mol. The molecule has 4 nitrogen and oxygen atoms in total. The zero-order valence-corrected chi connectivity index (χ0v) is 9.08. The molecule has 0 spiro atoms.